The maximum absolute atomic E-state index is 12.1. The number of carbonyl (C=O) groups is 3. The zero-order chi connectivity index (χ0) is 19.8. The van der Waals surface area contributed by atoms with Gasteiger partial charge in [-0.25, -0.2) is 4.79 Å². The number of nitrogens with one attached hydrogen (secondary N) is 4. The van der Waals surface area contributed by atoms with Crippen molar-refractivity contribution in [2.24, 2.45) is 0 Å². The second kappa shape index (κ2) is 9.59. The Bertz CT molecular complexity index is 822. The molecule has 2 aromatic rings. The molecule has 0 radical (unpaired) electrons. The van der Waals surface area contributed by atoms with Gasteiger partial charge >= 0.3 is 6.03 Å². The van der Waals surface area contributed by atoms with Crippen molar-refractivity contribution in [3.05, 3.63) is 70.2 Å². The summed E-state index contributed by atoms with van der Waals surface area (Å²) in [5, 5.41) is 5.74. The fraction of sp³-hybridized carbons (Fsp3) is 0.211. The zero-order valence-electron chi connectivity index (χ0n) is 15.0. The normalized spacial score (nSPS) is 10.2. The van der Waals surface area contributed by atoms with Crippen molar-refractivity contribution >= 4 is 29.4 Å². The molecular formula is C19H21ClN4O3. The Hall–Kier alpha value is -3.06. The van der Waals surface area contributed by atoms with Crippen LogP contribution >= 0.6 is 11.6 Å². The third-order valence-electron chi connectivity index (χ3n) is 3.50. The average Bonchev–Trinajstić information content (AvgIpc) is 2.64. The molecule has 0 aliphatic rings. The highest BCUT2D eigenvalue weighted by Crippen LogP contribution is 2.14. The van der Waals surface area contributed by atoms with Gasteiger partial charge in [0.25, 0.3) is 11.8 Å². The van der Waals surface area contributed by atoms with Crippen LogP contribution in [0.25, 0.3) is 0 Å². The van der Waals surface area contributed by atoms with E-state index in [-0.39, 0.29) is 17.6 Å². The third-order valence-corrected chi connectivity index (χ3v) is 3.83. The molecule has 0 heterocycles. The van der Waals surface area contributed by atoms with Gasteiger partial charge in [0.05, 0.1) is 10.6 Å². The lowest BCUT2D eigenvalue weighted by atomic mass is 10.1. The molecular weight excluding hydrogens is 368 g/mol. The molecule has 7 nitrogen and oxygen atoms in total. The van der Waals surface area contributed by atoms with E-state index in [0.717, 1.165) is 5.56 Å². The van der Waals surface area contributed by atoms with E-state index in [1.54, 1.807) is 48.5 Å². The maximum atomic E-state index is 12.1. The summed E-state index contributed by atoms with van der Waals surface area (Å²) in [5.41, 5.74) is 6.13. The summed E-state index contributed by atoms with van der Waals surface area (Å²) in [5.74, 6) is -0.974. The summed E-state index contributed by atoms with van der Waals surface area (Å²) in [6, 6.07) is 13.0. The van der Waals surface area contributed by atoms with E-state index >= 15 is 0 Å². The topological polar surface area (TPSA) is 99.3 Å². The molecule has 0 spiro atoms. The Morgan fingerprint density at radius 1 is 0.926 bits per heavy atom. The van der Waals surface area contributed by atoms with Crippen LogP contribution in [-0.2, 0) is 6.54 Å². The van der Waals surface area contributed by atoms with Gasteiger partial charge in [0.1, 0.15) is 0 Å². The molecule has 2 aromatic carbocycles. The molecule has 4 N–H and O–H groups in total. The lowest BCUT2D eigenvalue weighted by Crippen LogP contribution is -2.41. The fourth-order valence-electron chi connectivity index (χ4n) is 2.17. The van der Waals surface area contributed by atoms with Crippen molar-refractivity contribution in [2.45, 2.75) is 26.4 Å². The maximum Gasteiger partial charge on any atom is 0.315 e. The Morgan fingerprint density at radius 2 is 1.56 bits per heavy atom. The molecule has 0 saturated carbocycles. The summed E-state index contributed by atoms with van der Waals surface area (Å²) in [6.07, 6.45) is 0. The van der Waals surface area contributed by atoms with Gasteiger partial charge in [-0.2, -0.15) is 0 Å². The first-order valence-corrected chi connectivity index (χ1v) is 8.73. The van der Waals surface area contributed by atoms with Crippen LogP contribution in [0.5, 0.6) is 0 Å². The van der Waals surface area contributed by atoms with Crippen molar-refractivity contribution in [2.75, 3.05) is 0 Å². The zero-order valence-corrected chi connectivity index (χ0v) is 15.8. The van der Waals surface area contributed by atoms with Crippen LogP contribution < -0.4 is 21.5 Å². The molecule has 0 aliphatic heterocycles. The number of hydrogen-bond acceptors (Lipinski definition) is 3. The second-order valence-corrected chi connectivity index (χ2v) is 6.47. The Labute approximate surface area is 162 Å². The molecule has 8 heteroatoms. The molecule has 2 rings (SSSR count). The Balaban J connectivity index is 1.85. The fourth-order valence-corrected chi connectivity index (χ4v) is 2.39. The first-order chi connectivity index (χ1) is 12.9. The van der Waals surface area contributed by atoms with Crippen LogP contribution in [0.4, 0.5) is 4.79 Å². The number of carbonyl (C=O) groups excluding carboxylic acids is 3. The molecule has 0 aromatic heterocycles. The van der Waals surface area contributed by atoms with Gasteiger partial charge in [-0.05, 0) is 43.7 Å². The van der Waals surface area contributed by atoms with Gasteiger partial charge in [0, 0.05) is 18.2 Å². The first-order valence-electron chi connectivity index (χ1n) is 8.35. The van der Waals surface area contributed by atoms with Crippen molar-refractivity contribution in [1.29, 1.82) is 0 Å². The number of rotatable bonds is 5. The SMILES string of the molecule is CC(C)NC(=O)NCc1ccc(C(=O)NNC(=O)c2ccccc2Cl)cc1. The lowest BCUT2D eigenvalue weighted by Gasteiger charge is -2.11. The highest BCUT2D eigenvalue weighted by Gasteiger charge is 2.11. The lowest BCUT2D eigenvalue weighted by molar-refractivity contribution is 0.0846. The molecule has 142 valence electrons. The van der Waals surface area contributed by atoms with Gasteiger partial charge in [0.15, 0.2) is 0 Å². The molecule has 0 unspecified atom stereocenters. The minimum absolute atomic E-state index is 0.0528. The summed E-state index contributed by atoms with van der Waals surface area (Å²) < 4.78 is 0. The van der Waals surface area contributed by atoms with Crippen LogP contribution in [0.15, 0.2) is 48.5 Å². The van der Waals surface area contributed by atoms with Gasteiger partial charge in [-0.1, -0.05) is 35.9 Å². The van der Waals surface area contributed by atoms with Crippen molar-refractivity contribution in [1.82, 2.24) is 21.5 Å². The summed E-state index contributed by atoms with van der Waals surface area (Å²) in [7, 11) is 0. The van der Waals surface area contributed by atoms with Gasteiger partial charge in [0.2, 0.25) is 0 Å². The molecule has 0 bridgehead atoms. The second-order valence-electron chi connectivity index (χ2n) is 6.07. The van der Waals surface area contributed by atoms with E-state index in [9.17, 15) is 14.4 Å². The predicted molar refractivity (Wildman–Crippen MR) is 103 cm³/mol. The minimum Gasteiger partial charge on any atom is -0.336 e. The number of benzene rings is 2. The summed E-state index contributed by atoms with van der Waals surface area (Å²) in [4.78, 5) is 35.7. The molecule has 27 heavy (non-hydrogen) atoms. The molecule has 0 saturated heterocycles. The Morgan fingerprint density at radius 3 is 2.19 bits per heavy atom. The largest absolute Gasteiger partial charge is 0.336 e. The standard InChI is InChI=1S/C19H21ClN4O3/c1-12(2)22-19(27)21-11-13-7-9-14(10-8-13)17(25)23-24-18(26)15-5-3-4-6-16(15)20/h3-10,12H,11H2,1-2H3,(H,23,25)(H,24,26)(H2,21,22,27). The van der Waals surface area contributed by atoms with E-state index in [4.69, 9.17) is 11.6 Å². The highest BCUT2D eigenvalue weighted by molar-refractivity contribution is 6.33. The van der Waals surface area contributed by atoms with Crippen LogP contribution in [0, 0.1) is 0 Å². The molecule has 4 amide bonds. The van der Waals surface area contributed by atoms with E-state index in [1.165, 1.54) is 0 Å². The third kappa shape index (κ3) is 6.31. The van der Waals surface area contributed by atoms with Gasteiger partial charge < -0.3 is 10.6 Å². The van der Waals surface area contributed by atoms with Crippen LogP contribution in [0.3, 0.4) is 0 Å². The smallest absolute Gasteiger partial charge is 0.315 e. The van der Waals surface area contributed by atoms with Crippen molar-refractivity contribution in [3.63, 3.8) is 0 Å². The van der Waals surface area contributed by atoms with Crippen molar-refractivity contribution < 1.29 is 14.4 Å². The van der Waals surface area contributed by atoms with E-state index < -0.39 is 11.8 Å². The first kappa shape index (κ1) is 20.3. The van der Waals surface area contributed by atoms with Crippen LogP contribution in [0.2, 0.25) is 5.02 Å². The van der Waals surface area contributed by atoms with E-state index in [2.05, 4.69) is 21.5 Å². The van der Waals surface area contributed by atoms with Crippen molar-refractivity contribution in [3.8, 4) is 0 Å². The predicted octanol–water partition coefficient (Wildman–Crippen LogP) is 2.62. The van der Waals surface area contributed by atoms with Gasteiger partial charge in [-0.3, -0.25) is 20.4 Å². The summed E-state index contributed by atoms with van der Waals surface area (Å²) in [6.45, 7) is 4.08. The van der Waals surface area contributed by atoms with Gasteiger partial charge in [-0.15, -0.1) is 0 Å². The summed E-state index contributed by atoms with van der Waals surface area (Å²) >= 11 is 5.94. The average molecular weight is 389 g/mol. The number of urea groups is 1. The molecule has 0 aliphatic carbocycles. The molecule has 0 atom stereocenters. The van der Waals surface area contributed by atoms with E-state index in [0.29, 0.717) is 17.1 Å². The van der Waals surface area contributed by atoms with Crippen LogP contribution in [-0.4, -0.2) is 23.9 Å². The van der Waals surface area contributed by atoms with E-state index in [1.807, 2.05) is 13.8 Å². The monoisotopic (exact) mass is 388 g/mol. The highest BCUT2D eigenvalue weighted by atomic mass is 35.5. The number of amides is 4. The quantitative estimate of drug-likeness (QED) is 0.592. The minimum atomic E-state index is -0.508. The molecule has 0 fully saturated rings. The number of halogens is 1. The number of hydrogen-bond donors (Lipinski definition) is 4. The Kier molecular flexibility index (Phi) is 7.19. The van der Waals surface area contributed by atoms with Crippen LogP contribution in [0.1, 0.15) is 40.1 Å². The number of hydrazine groups is 1.